The molecule has 0 unspecified atom stereocenters. The van der Waals surface area contributed by atoms with Crippen LogP contribution in [0.25, 0.3) is 22.2 Å². The lowest BCUT2D eigenvalue weighted by atomic mass is 9.96. The Morgan fingerprint density at radius 1 is 1.08 bits per heavy atom. The predicted octanol–water partition coefficient (Wildman–Crippen LogP) is 4.69. The number of H-pyrrole nitrogens is 1. The minimum Gasteiger partial charge on any atom is -0.433 e. The van der Waals surface area contributed by atoms with Gasteiger partial charge in [0, 0.05) is 17.3 Å². The average molecular weight is 428 g/mol. The monoisotopic (exact) mass is 426 g/mol. The third-order valence-corrected chi connectivity index (χ3v) is 3.57. The van der Waals surface area contributed by atoms with Crippen LogP contribution in [0.1, 0.15) is 19.4 Å². The minimum atomic E-state index is -2.93. The molecule has 2 aromatic heterocycles. The normalized spacial score (nSPS) is 10.7. The van der Waals surface area contributed by atoms with E-state index in [1.807, 2.05) is 19.9 Å². The first-order chi connectivity index (χ1) is 10.9. The van der Waals surface area contributed by atoms with Gasteiger partial charge in [-0.3, -0.25) is 10.1 Å². The van der Waals surface area contributed by atoms with Gasteiger partial charge in [-0.1, -0.05) is 6.07 Å². The van der Waals surface area contributed by atoms with Gasteiger partial charge in [0.05, 0.1) is 22.8 Å². The summed E-state index contributed by atoms with van der Waals surface area (Å²) in [6, 6.07) is 6.99. The molecule has 0 radical (unpaired) electrons. The van der Waals surface area contributed by atoms with E-state index in [0.29, 0.717) is 22.2 Å². The smallest absolute Gasteiger partial charge is 0.387 e. The quantitative estimate of drug-likeness (QED) is 0.633. The summed E-state index contributed by atoms with van der Waals surface area (Å²) in [5.74, 6) is 0.0542. The van der Waals surface area contributed by atoms with Crippen molar-refractivity contribution in [1.82, 2.24) is 15.2 Å². The summed E-state index contributed by atoms with van der Waals surface area (Å²) in [4.78, 5) is 4.34. The second kappa shape index (κ2) is 9.32. The Morgan fingerprint density at radius 3 is 2.31 bits per heavy atom. The molecule has 144 valence electrons. The van der Waals surface area contributed by atoms with E-state index in [2.05, 4.69) is 15.2 Å². The molecule has 5 nitrogen and oxygen atoms in total. The number of fused-ring (bicyclic) bond motifs is 1. The summed E-state index contributed by atoms with van der Waals surface area (Å²) in [6.07, 6.45) is 3.09. The second-order valence-electron chi connectivity index (χ2n) is 5.81. The van der Waals surface area contributed by atoms with Gasteiger partial charge in [0.2, 0.25) is 0 Å². The van der Waals surface area contributed by atoms with Gasteiger partial charge in [0.15, 0.2) is 0 Å². The van der Waals surface area contributed by atoms with E-state index in [1.165, 1.54) is 6.20 Å². The lowest BCUT2D eigenvalue weighted by Crippen LogP contribution is -2.28. The number of nitrogens with zero attached hydrogens (tertiary/aromatic N) is 2. The van der Waals surface area contributed by atoms with Gasteiger partial charge in [-0.25, -0.2) is 0 Å². The number of ether oxygens (including phenoxy) is 1. The van der Waals surface area contributed by atoms with Gasteiger partial charge in [0.1, 0.15) is 5.75 Å². The highest BCUT2D eigenvalue weighted by molar-refractivity contribution is 5.92. The van der Waals surface area contributed by atoms with Crippen LogP contribution in [0.4, 0.5) is 8.78 Å². The van der Waals surface area contributed by atoms with Crippen molar-refractivity contribution in [2.75, 3.05) is 0 Å². The molecule has 3 rings (SSSR count). The zero-order chi connectivity index (χ0) is 16.6. The minimum absolute atomic E-state index is 0. The summed E-state index contributed by atoms with van der Waals surface area (Å²) < 4.78 is 30.3. The number of nitrogens with one attached hydrogen (secondary N) is 1. The molecule has 0 fully saturated rings. The van der Waals surface area contributed by atoms with Crippen LogP contribution in [-0.2, 0) is 5.54 Å². The predicted molar refractivity (Wildman–Crippen MR) is 105 cm³/mol. The zero-order valence-electron chi connectivity index (χ0n) is 13.9. The number of pyridine rings is 1. The number of nitrogens with two attached hydrogens (primary N) is 1. The lowest BCUT2D eigenvalue weighted by molar-refractivity contribution is -0.0484. The average Bonchev–Trinajstić information content (AvgIpc) is 2.95. The van der Waals surface area contributed by atoms with E-state index >= 15 is 0 Å². The fraction of sp³-hybridized carbons (Fsp3) is 0.250. The molecule has 0 aliphatic heterocycles. The first-order valence-corrected chi connectivity index (χ1v) is 7.03. The summed E-state index contributed by atoms with van der Waals surface area (Å²) in [6.45, 7) is 0.801. The first kappa shape index (κ1) is 24.3. The zero-order valence-corrected chi connectivity index (χ0v) is 16.4. The Kier molecular flexibility index (Phi) is 8.72. The number of benzene rings is 1. The third-order valence-electron chi connectivity index (χ3n) is 3.57. The van der Waals surface area contributed by atoms with Gasteiger partial charge in [-0.05, 0) is 37.6 Å². The highest BCUT2D eigenvalue weighted by Gasteiger charge is 2.19. The van der Waals surface area contributed by atoms with Crippen LogP contribution in [0.15, 0.2) is 36.7 Å². The highest BCUT2D eigenvalue weighted by Crippen LogP contribution is 2.36. The van der Waals surface area contributed by atoms with Crippen LogP contribution in [0.2, 0.25) is 0 Å². The molecular weight excluding hydrogens is 409 g/mol. The topological polar surface area (TPSA) is 76.8 Å². The Labute approximate surface area is 167 Å². The fourth-order valence-electron chi connectivity index (χ4n) is 2.34. The van der Waals surface area contributed by atoms with Gasteiger partial charge >= 0.3 is 6.61 Å². The molecular formula is C16H19Cl3F2N4O. The van der Waals surface area contributed by atoms with E-state index in [1.54, 1.807) is 24.4 Å². The van der Waals surface area contributed by atoms with Crippen LogP contribution >= 0.6 is 37.2 Å². The van der Waals surface area contributed by atoms with Gasteiger partial charge in [-0.15, -0.1) is 37.2 Å². The van der Waals surface area contributed by atoms with Crippen molar-refractivity contribution in [1.29, 1.82) is 0 Å². The third kappa shape index (κ3) is 4.94. The van der Waals surface area contributed by atoms with E-state index in [4.69, 9.17) is 10.5 Å². The van der Waals surface area contributed by atoms with Crippen LogP contribution in [0.3, 0.4) is 0 Å². The maximum absolute atomic E-state index is 12.8. The summed E-state index contributed by atoms with van der Waals surface area (Å²) in [5, 5.41) is 7.07. The molecule has 3 N–H and O–H groups in total. The van der Waals surface area contributed by atoms with Crippen molar-refractivity contribution < 1.29 is 13.5 Å². The molecule has 0 saturated carbocycles. The second-order valence-corrected chi connectivity index (χ2v) is 5.81. The molecule has 1 aromatic carbocycles. The molecule has 0 spiro atoms. The first-order valence-electron chi connectivity index (χ1n) is 7.03. The Morgan fingerprint density at radius 2 is 1.77 bits per heavy atom. The maximum atomic E-state index is 12.8. The van der Waals surface area contributed by atoms with Crippen molar-refractivity contribution in [3.8, 4) is 17.0 Å². The summed E-state index contributed by atoms with van der Waals surface area (Å²) >= 11 is 0. The molecule has 2 heterocycles. The lowest BCUT2D eigenvalue weighted by Gasteiger charge is -2.19. The Balaban J connectivity index is 0.00000208. The number of alkyl halides is 2. The van der Waals surface area contributed by atoms with Crippen molar-refractivity contribution in [3.63, 3.8) is 0 Å². The van der Waals surface area contributed by atoms with Crippen LogP contribution in [-0.4, -0.2) is 21.8 Å². The van der Waals surface area contributed by atoms with Gasteiger partial charge < -0.3 is 10.5 Å². The van der Waals surface area contributed by atoms with E-state index in [9.17, 15) is 8.78 Å². The molecule has 0 aliphatic rings. The van der Waals surface area contributed by atoms with E-state index in [0.717, 1.165) is 5.56 Å². The van der Waals surface area contributed by atoms with Crippen molar-refractivity contribution in [2.45, 2.75) is 26.0 Å². The summed E-state index contributed by atoms with van der Waals surface area (Å²) in [7, 11) is 0. The number of aromatic amines is 1. The molecule has 0 amide bonds. The standard InChI is InChI=1S/C16H16F2N4O.3ClH/c1-16(2,19)9-3-5-12(20-7-9)10-4-6-13-11(8-21-22-13)14(10)23-15(17)18;;;/h3-8,15H,19H2,1-2H3,(H,21,22);3*1H. The number of hydrogen-bond donors (Lipinski definition) is 2. The Hall–Kier alpha value is -1.67. The van der Waals surface area contributed by atoms with E-state index in [-0.39, 0.29) is 43.0 Å². The van der Waals surface area contributed by atoms with Crippen molar-refractivity contribution in [2.24, 2.45) is 5.73 Å². The molecule has 0 aliphatic carbocycles. The molecule has 0 saturated heterocycles. The van der Waals surface area contributed by atoms with Crippen LogP contribution in [0.5, 0.6) is 5.75 Å². The Bertz CT molecular complexity index is 836. The molecule has 0 bridgehead atoms. The number of halogens is 5. The SMILES string of the molecule is CC(C)(N)c1ccc(-c2ccc3[nH]ncc3c2OC(F)F)nc1.Cl.Cl.Cl. The number of aromatic nitrogens is 3. The largest absolute Gasteiger partial charge is 0.433 e. The number of hydrogen-bond acceptors (Lipinski definition) is 4. The van der Waals surface area contributed by atoms with Gasteiger partial charge in [-0.2, -0.15) is 13.9 Å². The number of rotatable bonds is 4. The summed E-state index contributed by atoms with van der Waals surface area (Å²) in [5.41, 5.74) is 7.96. The van der Waals surface area contributed by atoms with Crippen LogP contribution < -0.4 is 10.5 Å². The molecule has 26 heavy (non-hydrogen) atoms. The van der Waals surface area contributed by atoms with Crippen molar-refractivity contribution in [3.05, 3.63) is 42.2 Å². The van der Waals surface area contributed by atoms with E-state index < -0.39 is 12.2 Å². The maximum Gasteiger partial charge on any atom is 0.387 e. The molecule has 0 atom stereocenters. The van der Waals surface area contributed by atoms with Crippen LogP contribution in [0, 0.1) is 0 Å². The highest BCUT2D eigenvalue weighted by atomic mass is 35.5. The molecule has 3 aromatic rings. The van der Waals surface area contributed by atoms with Gasteiger partial charge in [0.25, 0.3) is 0 Å². The fourth-order valence-corrected chi connectivity index (χ4v) is 2.34. The van der Waals surface area contributed by atoms with Crippen molar-refractivity contribution >= 4 is 48.1 Å². The molecule has 10 heteroatoms.